The molecule has 12 heteroatoms. The van der Waals surface area contributed by atoms with Gasteiger partial charge in [-0.15, -0.1) is 0 Å². The average molecular weight is 569 g/mol. The molecule has 2 unspecified atom stereocenters. The van der Waals surface area contributed by atoms with E-state index in [1.54, 1.807) is 36.0 Å². The number of likely N-dealkylation sites (tertiary alicyclic amines) is 1. The number of rotatable bonds is 7. The molecular weight excluding hydrogens is 542 g/mol. The topological polar surface area (TPSA) is 106 Å². The van der Waals surface area contributed by atoms with Crippen LogP contribution in [0.5, 0.6) is 5.88 Å². The molecule has 0 spiro atoms. The Hall–Kier alpha value is -4.12. The van der Waals surface area contributed by atoms with Crippen LogP contribution in [0.2, 0.25) is 5.02 Å². The van der Waals surface area contributed by atoms with Crippen molar-refractivity contribution < 1.29 is 18.7 Å². The maximum atomic E-state index is 14.2. The van der Waals surface area contributed by atoms with Gasteiger partial charge in [0.15, 0.2) is 11.4 Å². The molecule has 0 bridgehead atoms. The van der Waals surface area contributed by atoms with Gasteiger partial charge >= 0.3 is 0 Å². The maximum absolute atomic E-state index is 14.2. The number of hydrogen-bond donors (Lipinski definition) is 1. The smallest absolute Gasteiger partial charge is 0.271 e. The molecule has 40 heavy (non-hydrogen) atoms. The molecule has 0 saturated carbocycles. The number of aromatic nitrogens is 5. The molecule has 1 fully saturated rings. The van der Waals surface area contributed by atoms with Crippen LogP contribution in [0, 0.1) is 11.6 Å². The molecule has 1 aliphatic rings. The Bertz CT molecular complexity index is 1600. The monoisotopic (exact) mass is 568 g/mol. The Morgan fingerprint density at radius 3 is 2.55 bits per heavy atom. The SMILES string of the molecule is CCC(c1cc(F)cc(F)c1)n1c(-c2ccn(CC)n2)nc(O)c(C(=O)N2CCC(c3ccc(Cl)cn3)C2)c1=O. The zero-order valence-corrected chi connectivity index (χ0v) is 22.6. The molecule has 2 atom stereocenters. The summed E-state index contributed by atoms with van der Waals surface area (Å²) in [4.78, 5) is 37.8. The van der Waals surface area contributed by atoms with Crippen LogP contribution in [0.3, 0.4) is 0 Å². The Kier molecular flexibility index (Phi) is 7.66. The number of pyridine rings is 1. The van der Waals surface area contributed by atoms with Gasteiger partial charge in [-0.05, 0) is 55.7 Å². The van der Waals surface area contributed by atoms with E-state index < -0.39 is 40.6 Å². The van der Waals surface area contributed by atoms with Gasteiger partial charge in [-0.2, -0.15) is 10.1 Å². The number of carbonyl (C=O) groups is 1. The number of nitrogens with zero attached hydrogens (tertiary/aromatic N) is 6. The lowest BCUT2D eigenvalue weighted by molar-refractivity contribution is 0.0784. The fraction of sp³-hybridized carbons (Fsp3) is 0.321. The van der Waals surface area contributed by atoms with E-state index in [0.717, 1.165) is 23.9 Å². The molecule has 4 aromatic rings. The summed E-state index contributed by atoms with van der Waals surface area (Å²) < 4.78 is 31.2. The van der Waals surface area contributed by atoms with Crippen LogP contribution in [0.25, 0.3) is 11.5 Å². The second-order valence-electron chi connectivity index (χ2n) is 9.63. The minimum atomic E-state index is -0.899. The van der Waals surface area contributed by atoms with Gasteiger partial charge in [0.2, 0.25) is 5.88 Å². The molecule has 9 nitrogen and oxygen atoms in total. The molecule has 1 saturated heterocycles. The fourth-order valence-electron chi connectivity index (χ4n) is 5.14. The van der Waals surface area contributed by atoms with Gasteiger partial charge in [-0.1, -0.05) is 18.5 Å². The first-order chi connectivity index (χ1) is 19.2. The third-order valence-corrected chi connectivity index (χ3v) is 7.34. The second-order valence-corrected chi connectivity index (χ2v) is 10.1. The van der Waals surface area contributed by atoms with E-state index in [0.29, 0.717) is 24.5 Å². The van der Waals surface area contributed by atoms with Crippen LogP contribution in [-0.4, -0.2) is 53.3 Å². The van der Waals surface area contributed by atoms with Crippen LogP contribution in [0.1, 0.15) is 60.3 Å². The van der Waals surface area contributed by atoms with Crippen molar-refractivity contribution in [1.29, 1.82) is 0 Å². The summed E-state index contributed by atoms with van der Waals surface area (Å²) in [5, 5.41) is 15.8. The van der Waals surface area contributed by atoms with Crippen molar-refractivity contribution in [3.8, 4) is 17.4 Å². The normalized spacial score (nSPS) is 15.9. The summed E-state index contributed by atoms with van der Waals surface area (Å²) in [6.45, 7) is 4.78. The molecule has 208 valence electrons. The summed E-state index contributed by atoms with van der Waals surface area (Å²) in [6, 6.07) is 7.25. The van der Waals surface area contributed by atoms with Gasteiger partial charge in [-0.25, -0.2) is 8.78 Å². The highest BCUT2D eigenvalue weighted by atomic mass is 35.5. The maximum Gasteiger partial charge on any atom is 0.271 e. The molecule has 3 aromatic heterocycles. The summed E-state index contributed by atoms with van der Waals surface area (Å²) in [6.07, 6.45) is 4.06. The third kappa shape index (κ3) is 5.21. The highest BCUT2D eigenvalue weighted by Gasteiger charge is 2.34. The predicted octanol–water partition coefficient (Wildman–Crippen LogP) is 4.79. The van der Waals surface area contributed by atoms with Crippen LogP contribution in [0.15, 0.2) is 53.6 Å². The van der Waals surface area contributed by atoms with Crippen LogP contribution in [0.4, 0.5) is 8.78 Å². The van der Waals surface area contributed by atoms with E-state index in [9.17, 15) is 23.5 Å². The Morgan fingerprint density at radius 2 is 1.93 bits per heavy atom. The molecule has 1 aromatic carbocycles. The molecule has 4 heterocycles. The van der Waals surface area contributed by atoms with Crippen molar-refractivity contribution >= 4 is 17.5 Å². The molecule has 1 amide bonds. The average Bonchev–Trinajstić information content (AvgIpc) is 3.60. The van der Waals surface area contributed by atoms with Gasteiger partial charge in [0.05, 0.1) is 11.1 Å². The highest BCUT2D eigenvalue weighted by molar-refractivity contribution is 6.30. The van der Waals surface area contributed by atoms with Crippen LogP contribution < -0.4 is 5.56 Å². The number of amides is 1. The zero-order valence-electron chi connectivity index (χ0n) is 21.9. The molecule has 1 N–H and O–H groups in total. The summed E-state index contributed by atoms with van der Waals surface area (Å²) in [5.41, 5.74) is -0.139. The van der Waals surface area contributed by atoms with E-state index >= 15 is 0 Å². The minimum Gasteiger partial charge on any atom is -0.493 e. The van der Waals surface area contributed by atoms with E-state index in [4.69, 9.17) is 11.6 Å². The van der Waals surface area contributed by atoms with E-state index in [2.05, 4.69) is 15.1 Å². The largest absolute Gasteiger partial charge is 0.493 e. The van der Waals surface area contributed by atoms with E-state index in [-0.39, 0.29) is 36.0 Å². The van der Waals surface area contributed by atoms with Crippen molar-refractivity contribution in [2.24, 2.45) is 0 Å². The number of halogens is 3. The quantitative estimate of drug-likeness (QED) is 0.344. The van der Waals surface area contributed by atoms with Crippen molar-refractivity contribution in [2.45, 2.75) is 45.2 Å². The van der Waals surface area contributed by atoms with Gasteiger partial charge in [0, 0.05) is 49.7 Å². The number of aromatic hydroxyl groups is 1. The standard InChI is InChI=1S/C28H27ClF2N6O3/c1-3-23(17-11-19(30)13-20(31)12-17)37-25(22-8-10-36(4-2)34-22)33-26(38)24(28(37)40)27(39)35-9-7-16(15-35)21-6-5-18(29)14-32-21/h5-6,8,10-14,16,23,38H,3-4,7,9,15H2,1-2H3. The third-order valence-electron chi connectivity index (χ3n) is 7.12. The van der Waals surface area contributed by atoms with Gasteiger partial charge in [-0.3, -0.25) is 23.8 Å². The van der Waals surface area contributed by atoms with Crippen molar-refractivity contribution in [3.63, 3.8) is 0 Å². The Morgan fingerprint density at radius 1 is 1.18 bits per heavy atom. The summed E-state index contributed by atoms with van der Waals surface area (Å²) >= 11 is 5.95. The van der Waals surface area contributed by atoms with Crippen molar-refractivity contribution in [2.75, 3.05) is 13.1 Å². The number of carbonyl (C=O) groups excluding carboxylic acids is 1. The lowest BCUT2D eigenvalue weighted by Crippen LogP contribution is -2.38. The molecular formula is C28H27ClF2N6O3. The first-order valence-corrected chi connectivity index (χ1v) is 13.3. The number of benzene rings is 1. The van der Waals surface area contributed by atoms with Crippen molar-refractivity contribution in [3.05, 3.63) is 92.6 Å². The fourth-order valence-corrected chi connectivity index (χ4v) is 5.26. The number of hydrogen-bond acceptors (Lipinski definition) is 6. The molecule has 1 aliphatic heterocycles. The Labute approximate surface area is 233 Å². The van der Waals surface area contributed by atoms with Gasteiger partial charge in [0.1, 0.15) is 17.3 Å². The zero-order chi connectivity index (χ0) is 28.6. The molecule has 0 aliphatic carbocycles. The molecule has 5 rings (SSSR count). The van der Waals surface area contributed by atoms with E-state index in [1.165, 1.54) is 15.7 Å². The predicted molar refractivity (Wildman–Crippen MR) is 144 cm³/mol. The Balaban J connectivity index is 1.60. The lowest BCUT2D eigenvalue weighted by atomic mass is 10.0. The first kappa shape index (κ1) is 27.4. The molecule has 0 radical (unpaired) electrons. The minimum absolute atomic E-state index is 0.0209. The van der Waals surface area contributed by atoms with Crippen LogP contribution in [-0.2, 0) is 6.54 Å². The number of aryl methyl sites for hydroxylation is 1. The summed E-state index contributed by atoms with van der Waals surface area (Å²) in [5.74, 6) is -3.13. The van der Waals surface area contributed by atoms with Gasteiger partial charge < -0.3 is 10.0 Å². The lowest BCUT2D eigenvalue weighted by Gasteiger charge is -2.24. The summed E-state index contributed by atoms with van der Waals surface area (Å²) in [7, 11) is 0. The van der Waals surface area contributed by atoms with E-state index in [1.807, 2.05) is 6.92 Å². The first-order valence-electron chi connectivity index (χ1n) is 13.0. The van der Waals surface area contributed by atoms with Gasteiger partial charge in [0.25, 0.3) is 11.5 Å². The van der Waals surface area contributed by atoms with Crippen LogP contribution >= 0.6 is 11.6 Å². The highest BCUT2D eigenvalue weighted by Crippen LogP contribution is 2.31. The second kappa shape index (κ2) is 11.2. The van der Waals surface area contributed by atoms with Crippen molar-refractivity contribution in [1.82, 2.24) is 29.2 Å².